The van der Waals surface area contributed by atoms with Crippen molar-refractivity contribution in [1.29, 1.82) is 0 Å². The molecule has 5 nitrogen and oxygen atoms in total. The highest BCUT2D eigenvalue weighted by atomic mass is 16.2. The first-order chi connectivity index (χ1) is 8.16. The fourth-order valence-corrected chi connectivity index (χ4v) is 2.13. The summed E-state index contributed by atoms with van der Waals surface area (Å²) in [4.78, 5) is 14.0. The van der Waals surface area contributed by atoms with Crippen LogP contribution >= 0.6 is 0 Å². The molecule has 0 radical (unpaired) electrons. The Morgan fingerprint density at radius 1 is 1.53 bits per heavy atom. The van der Waals surface area contributed by atoms with Crippen LogP contribution in [0.2, 0.25) is 0 Å². The van der Waals surface area contributed by atoms with Gasteiger partial charge >= 0.3 is 0 Å². The molecule has 1 amide bonds. The Morgan fingerprint density at radius 2 is 2.24 bits per heavy atom. The molecule has 2 rings (SSSR count). The molecular weight excluding hydrogens is 216 g/mol. The molecule has 1 aliphatic rings. The van der Waals surface area contributed by atoms with E-state index in [1.54, 1.807) is 4.68 Å². The minimum atomic E-state index is -0.117. The summed E-state index contributed by atoms with van der Waals surface area (Å²) in [6, 6.07) is -0.117. The van der Waals surface area contributed by atoms with E-state index in [4.69, 9.17) is 0 Å². The number of amides is 1. The van der Waals surface area contributed by atoms with Gasteiger partial charge in [0.25, 0.3) is 0 Å². The molecule has 1 N–H and O–H groups in total. The van der Waals surface area contributed by atoms with Crippen molar-refractivity contribution in [3.63, 3.8) is 0 Å². The minimum Gasteiger partial charge on any atom is -0.341 e. The first kappa shape index (κ1) is 12.1. The van der Waals surface area contributed by atoms with Crippen molar-refractivity contribution in [3.8, 4) is 0 Å². The highest BCUT2D eigenvalue weighted by Crippen LogP contribution is 2.09. The second kappa shape index (κ2) is 5.31. The number of carbonyl (C=O) groups is 1. The lowest BCUT2D eigenvalue weighted by Gasteiger charge is -2.20. The lowest BCUT2D eigenvalue weighted by atomic mass is 10.2. The van der Waals surface area contributed by atoms with Crippen molar-refractivity contribution in [2.45, 2.75) is 32.4 Å². The van der Waals surface area contributed by atoms with Crippen LogP contribution in [-0.2, 0) is 18.4 Å². The summed E-state index contributed by atoms with van der Waals surface area (Å²) in [5.74, 6) is 0.214. The third-order valence-electron chi connectivity index (χ3n) is 3.16. The van der Waals surface area contributed by atoms with Crippen LogP contribution in [0.25, 0.3) is 0 Å². The Balaban J connectivity index is 1.80. The number of hydrogen-bond donors (Lipinski definition) is 1. The third-order valence-corrected chi connectivity index (χ3v) is 3.16. The lowest BCUT2D eigenvalue weighted by Crippen LogP contribution is -2.43. The summed E-state index contributed by atoms with van der Waals surface area (Å²) < 4.78 is 1.77. The molecule has 0 aliphatic carbocycles. The molecule has 0 saturated carbocycles. The van der Waals surface area contributed by atoms with Gasteiger partial charge in [-0.25, -0.2) is 0 Å². The second-order valence-corrected chi connectivity index (χ2v) is 4.66. The molecule has 1 aromatic rings. The first-order valence-electron chi connectivity index (χ1n) is 6.16. The molecule has 0 aromatic carbocycles. The van der Waals surface area contributed by atoms with Crippen LogP contribution in [0.3, 0.4) is 0 Å². The minimum absolute atomic E-state index is 0.117. The number of rotatable bonds is 4. The average molecular weight is 236 g/mol. The maximum atomic E-state index is 12.0. The summed E-state index contributed by atoms with van der Waals surface area (Å²) in [5.41, 5.74) is 1.11. The molecule has 1 aliphatic heterocycles. The highest BCUT2D eigenvalue weighted by Gasteiger charge is 2.22. The van der Waals surface area contributed by atoms with E-state index >= 15 is 0 Å². The van der Waals surface area contributed by atoms with Gasteiger partial charge in [-0.1, -0.05) is 0 Å². The number of hydrogen-bond acceptors (Lipinski definition) is 3. The SMILES string of the molecule is CC(NCc1cnn(C)c1)C(=O)N1CCCC1. The summed E-state index contributed by atoms with van der Waals surface area (Å²) >= 11 is 0. The van der Waals surface area contributed by atoms with Crippen molar-refractivity contribution in [2.24, 2.45) is 7.05 Å². The zero-order valence-corrected chi connectivity index (χ0v) is 10.5. The van der Waals surface area contributed by atoms with Gasteiger partial charge in [-0.2, -0.15) is 5.10 Å². The predicted octanol–water partition coefficient (Wildman–Crippen LogP) is 0.521. The van der Waals surface area contributed by atoms with Crippen LogP contribution in [-0.4, -0.2) is 39.7 Å². The van der Waals surface area contributed by atoms with Gasteiger partial charge < -0.3 is 10.2 Å². The summed E-state index contributed by atoms with van der Waals surface area (Å²) in [6.45, 7) is 4.45. The van der Waals surface area contributed by atoms with Gasteiger partial charge in [-0.3, -0.25) is 9.48 Å². The highest BCUT2D eigenvalue weighted by molar-refractivity contribution is 5.81. The summed E-state index contributed by atoms with van der Waals surface area (Å²) in [6.07, 6.45) is 6.06. The number of carbonyl (C=O) groups excluding carboxylic acids is 1. The van der Waals surface area contributed by atoms with Crippen LogP contribution in [0.5, 0.6) is 0 Å². The van der Waals surface area contributed by atoms with Crippen LogP contribution in [0.1, 0.15) is 25.3 Å². The van der Waals surface area contributed by atoms with Gasteiger partial charge in [0.15, 0.2) is 0 Å². The molecule has 5 heteroatoms. The standard InChI is InChI=1S/C12H20N4O/c1-10(12(17)16-5-3-4-6-16)13-7-11-8-14-15(2)9-11/h8-10,13H,3-7H2,1-2H3. The fourth-order valence-electron chi connectivity index (χ4n) is 2.13. The van der Waals surface area contributed by atoms with E-state index in [0.29, 0.717) is 6.54 Å². The van der Waals surface area contributed by atoms with E-state index < -0.39 is 0 Å². The molecule has 1 saturated heterocycles. The molecule has 1 fully saturated rings. The van der Waals surface area contributed by atoms with Crippen molar-refractivity contribution < 1.29 is 4.79 Å². The predicted molar refractivity (Wildman–Crippen MR) is 65.3 cm³/mol. The maximum Gasteiger partial charge on any atom is 0.239 e. The normalized spacial score (nSPS) is 17.4. The molecule has 17 heavy (non-hydrogen) atoms. The van der Waals surface area contributed by atoms with Crippen molar-refractivity contribution in [1.82, 2.24) is 20.0 Å². The molecule has 1 aromatic heterocycles. The number of nitrogens with one attached hydrogen (secondary N) is 1. The summed E-state index contributed by atoms with van der Waals surface area (Å²) in [5, 5.41) is 7.34. The van der Waals surface area contributed by atoms with Crippen molar-refractivity contribution in [2.75, 3.05) is 13.1 Å². The molecule has 1 unspecified atom stereocenters. The van der Waals surface area contributed by atoms with Crippen LogP contribution in [0, 0.1) is 0 Å². The van der Waals surface area contributed by atoms with E-state index in [-0.39, 0.29) is 11.9 Å². The molecule has 2 heterocycles. The Hall–Kier alpha value is -1.36. The Labute approximate surface area is 102 Å². The quantitative estimate of drug-likeness (QED) is 0.829. The van der Waals surface area contributed by atoms with Crippen LogP contribution < -0.4 is 5.32 Å². The van der Waals surface area contributed by atoms with Gasteiger partial charge in [0.05, 0.1) is 12.2 Å². The molecular formula is C12H20N4O. The van der Waals surface area contributed by atoms with E-state index in [0.717, 1.165) is 31.5 Å². The van der Waals surface area contributed by atoms with E-state index in [1.807, 2.05) is 31.3 Å². The zero-order valence-electron chi connectivity index (χ0n) is 10.5. The van der Waals surface area contributed by atoms with Gasteiger partial charge in [-0.05, 0) is 19.8 Å². The maximum absolute atomic E-state index is 12.0. The average Bonchev–Trinajstić information content (AvgIpc) is 2.95. The molecule has 1 atom stereocenters. The Kier molecular flexibility index (Phi) is 3.78. The smallest absolute Gasteiger partial charge is 0.239 e. The number of aryl methyl sites for hydroxylation is 1. The van der Waals surface area contributed by atoms with Gasteiger partial charge in [0, 0.05) is 38.4 Å². The lowest BCUT2D eigenvalue weighted by molar-refractivity contribution is -0.131. The topological polar surface area (TPSA) is 50.2 Å². The fraction of sp³-hybridized carbons (Fsp3) is 0.667. The van der Waals surface area contributed by atoms with Crippen molar-refractivity contribution >= 4 is 5.91 Å². The van der Waals surface area contributed by atoms with Gasteiger partial charge in [-0.15, -0.1) is 0 Å². The largest absolute Gasteiger partial charge is 0.341 e. The van der Waals surface area contributed by atoms with Gasteiger partial charge in [0.2, 0.25) is 5.91 Å². The monoisotopic (exact) mass is 236 g/mol. The second-order valence-electron chi connectivity index (χ2n) is 4.66. The van der Waals surface area contributed by atoms with E-state index in [9.17, 15) is 4.79 Å². The number of likely N-dealkylation sites (tertiary alicyclic amines) is 1. The van der Waals surface area contributed by atoms with Crippen LogP contribution in [0.15, 0.2) is 12.4 Å². The molecule has 0 spiro atoms. The molecule has 0 bridgehead atoms. The van der Waals surface area contributed by atoms with Gasteiger partial charge in [0.1, 0.15) is 0 Å². The Bertz CT molecular complexity index is 382. The zero-order chi connectivity index (χ0) is 12.3. The number of nitrogens with zero attached hydrogens (tertiary/aromatic N) is 3. The summed E-state index contributed by atoms with van der Waals surface area (Å²) in [7, 11) is 1.89. The van der Waals surface area contributed by atoms with Crippen molar-refractivity contribution in [3.05, 3.63) is 18.0 Å². The van der Waals surface area contributed by atoms with E-state index in [1.165, 1.54) is 0 Å². The number of aromatic nitrogens is 2. The third kappa shape index (κ3) is 3.06. The van der Waals surface area contributed by atoms with E-state index in [2.05, 4.69) is 10.4 Å². The van der Waals surface area contributed by atoms with Crippen LogP contribution in [0.4, 0.5) is 0 Å². The Morgan fingerprint density at radius 3 is 2.82 bits per heavy atom. The first-order valence-corrected chi connectivity index (χ1v) is 6.16. The molecule has 94 valence electrons.